The fourth-order valence-electron chi connectivity index (χ4n) is 2.75. The highest BCUT2D eigenvalue weighted by atomic mass is 16.5. The first-order valence-electron chi connectivity index (χ1n) is 8.15. The number of likely N-dealkylation sites (tertiary alicyclic amines) is 1. The quantitative estimate of drug-likeness (QED) is 0.868. The van der Waals surface area contributed by atoms with Crippen molar-refractivity contribution in [3.8, 4) is 5.75 Å². The van der Waals surface area contributed by atoms with Gasteiger partial charge in [0.2, 0.25) is 0 Å². The molecule has 1 aromatic carbocycles. The third kappa shape index (κ3) is 5.33. The number of ether oxygens (including phenoxy) is 1. The van der Waals surface area contributed by atoms with Gasteiger partial charge in [0, 0.05) is 30.2 Å². The highest BCUT2D eigenvalue weighted by Crippen LogP contribution is 2.20. The van der Waals surface area contributed by atoms with Gasteiger partial charge in [0.15, 0.2) is 0 Å². The number of hydrogen-bond donors (Lipinski definition) is 1. The van der Waals surface area contributed by atoms with Crippen molar-refractivity contribution in [2.75, 3.05) is 19.7 Å². The van der Waals surface area contributed by atoms with E-state index in [0.717, 1.165) is 25.4 Å². The van der Waals surface area contributed by atoms with Gasteiger partial charge < -0.3 is 10.1 Å². The molecule has 0 aliphatic carbocycles. The summed E-state index contributed by atoms with van der Waals surface area (Å²) in [6, 6.07) is 9.06. The molecule has 1 aromatic rings. The van der Waals surface area contributed by atoms with Gasteiger partial charge in [-0.05, 0) is 53.1 Å². The summed E-state index contributed by atoms with van der Waals surface area (Å²) in [4.78, 5) is 2.52. The molecule has 0 saturated carbocycles. The molecule has 1 N–H and O–H groups in total. The molecule has 0 bridgehead atoms. The maximum absolute atomic E-state index is 6.03. The zero-order chi connectivity index (χ0) is 15.3. The van der Waals surface area contributed by atoms with E-state index < -0.39 is 0 Å². The van der Waals surface area contributed by atoms with Crippen LogP contribution in [0, 0.1) is 0 Å². The van der Waals surface area contributed by atoms with E-state index in [1.54, 1.807) is 0 Å². The molecule has 1 atom stereocenters. The van der Waals surface area contributed by atoms with Gasteiger partial charge in [0.25, 0.3) is 0 Å². The molecule has 1 aliphatic rings. The van der Waals surface area contributed by atoms with E-state index in [0.29, 0.717) is 6.04 Å². The Balaban J connectivity index is 1.84. The topological polar surface area (TPSA) is 24.5 Å². The Morgan fingerprint density at radius 3 is 2.71 bits per heavy atom. The summed E-state index contributed by atoms with van der Waals surface area (Å²) in [6.07, 6.45) is 2.65. The van der Waals surface area contributed by atoms with Gasteiger partial charge in [0.05, 0.1) is 0 Å². The minimum atomic E-state index is 0.123. The van der Waals surface area contributed by atoms with Crippen LogP contribution >= 0.6 is 0 Å². The maximum atomic E-state index is 6.03. The summed E-state index contributed by atoms with van der Waals surface area (Å²) >= 11 is 0. The third-order valence-electron chi connectivity index (χ3n) is 4.11. The number of nitrogens with one attached hydrogen (secondary N) is 1. The van der Waals surface area contributed by atoms with Crippen LogP contribution in [-0.4, -0.2) is 36.2 Å². The van der Waals surface area contributed by atoms with Crippen LogP contribution in [0.4, 0.5) is 0 Å². The van der Waals surface area contributed by atoms with Crippen molar-refractivity contribution >= 4 is 0 Å². The van der Waals surface area contributed by atoms with Gasteiger partial charge in [-0.25, -0.2) is 0 Å². The maximum Gasteiger partial charge on any atom is 0.123 e. The molecule has 0 amide bonds. The van der Waals surface area contributed by atoms with Crippen LogP contribution in [0.2, 0.25) is 0 Å². The lowest BCUT2D eigenvalue weighted by atomic mass is 10.1. The number of nitrogens with zero attached hydrogens (tertiary/aromatic N) is 1. The average molecular weight is 290 g/mol. The van der Waals surface area contributed by atoms with Crippen LogP contribution in [0.5, 0.6) is 5.75 Å². The molecule has 0 radical (unpaired) electrons. The Hall–Kier alpha value is -1.06. The molecule has 2 rings (SSSR count). The standard InChI is InChI=1S/C18H30N2O/c1-15-8-7-11-20(15)12-13-21-17-10-6-5-9-16(17)14-19-18(2,3)4/h5-6,9-10,15,19H,7-8,11-14H2,1-4H3. The molecule has 118 valence electrons. The largest absolute Gasteiger partial charge is 0.492 e. The highest BCUT2D eigenvalue weighted by Gasteiger charge is 2.19. The minimum Gasteiger partial charge on any atom is -0.492 e. The zero-order valence-corrected chi connectivity index (χ0v) is 14.0. The van der Waals surface area contributed by atoms with Crippen LogP contribution in [-0.2, 0) is 6.54 Å². The molecule has 1 aliphatic heterocycles. The van der Waals surface area contributed by atoms with E-state index in [4.69, 9.17) is 4.74 Å². The number of para-hydroxylation sites is 1. The fourth-order valence-corrected chi connectivity index (χ4v) is 2.75. The third-order valence-corrected chi connectivity index (χ3v) is 4.11. The van der Waals surface area contributed by atoms with Gasteiger partial charge in [0.1, 0.15) is 12.4 Å². The summed E-state index contributed by atoms with van der Waals surface area (Å²) in [7, 11) is 0. The molecular formula is C18H30N2O. The summed E-state index contributed by atoms with van der Waals surface area (Å²) in [6.45, 7) is 12.7. The second-order valence-electron chi connectivity index (χ2n) is 7.09. The molecule has 1 saturated heterocycles. The summed E-state index contributed by atoms with van der Waals surface area (Å²) in [5, 5.41) is 3.53. The van der Waals surface area contributed by atoms with Crippen molar-refractivity contribution in [3.05, 3.63) is 29.8 Å². The predicted octanol–water partition coefficient (Wildman–Crippen LogP) is 3.44. The van der Waals surface area contributed by atoms with Crippen LogP contribution < -0.4 is 10.1 Å². The Labute approximate surface area is 129 Å². The Morgan fingerprint density at radius 2 is 2.05 bits per heavy atom. The molecule has 3 heteroatoms. The predicted molar refractivity (Wildman–Crippen MR) is 88.8 cm³/mol. The first kappa shape index (κ1) is 16.3. The molecular weight excluding hydrogens is 260 g/mol. The molecule has 1 unspecified atom stereocenters. The molecule has 1 fully saturated rings. The Bertz CT molecular complexity index is 439. The minimum absolute atomic E-state index is 0.123. The summed E-state index contributed by atoms with van der Waals surface area (Å²) in [5.41, 5.74) is 1.36. The lowest BCUT2D eigenvalue weighted by molar-refractivity contribution is 0.203. The summed E-state index contributed by atoms with van der Waals surface area (Å²) < 4.78 is 6.03. The lowest BCUT2D eigenvalue weighted by Gasteiger charge is -2.23. The Morgan fingerprint density at radius 1 is 1.29 bits per heavy atom. The monoisotopic (exact) mass is 290 g/mol. The number of hydrogen-bond acceptors (Lipinski definition) is 3. The van der Waals surface area contributed by atoms with Gasteiger partial charge in [-0.3, -0.25) is 4.90 Å². The van der Waals surface area contributed by atoms with Crippen LogP contribution in [0.15, 0.2) is 24.3 Å². The molecule has 0 aromatic heterocycles. The van der Waals surface area contributed by atoms with Gasteiger partial charge in [-0.2, -0.15) is 0 Å². The second kappa shape index (κ2) is 7.28. The van der Waals surface area contributed by atoms with E-state index in [2.05, 4.69) is 62.2 Å². The first-order chi connectivity index (χ1) is 9.96. The van der Waals surface area contributed by atoms with Crippen LogP contribution in [0.3, 0.4) is 0 Å². The SMILES string of the molecule is CC1CCCN1CCOc1ccccc1CNC(C)(C)C. The van der Waals surface area contributed by atoms with Crippen molar-refractivity contribution in [1.29, 1.82) is 0 Å². The van der Waals surface area contributed by atoms with Gasteiger partial charge in [-0.1, -0.05) is 18.2 Å². The van der Waals surface area contributed by atoms with Gasteiger partial charge >= 0.3 is 0 Å². The van der Waals surface area contributed by atoms with Crippen molar-refractivity contribution in [1.82, 2.24) is 10.2 Å². The number of benzene rings is 1. The Kier molecular flexibility index (Phi) is 5.65. The smallest absolute Gasteiger partial charge is 0.123 e. The van der Waals surface area contributed by atoms with Crippen LogP contribution in [0.25, 0.3) is 0 Å². The molecule has 21 heavy (non-hydrogen) atoms. The summed E-state index contributed by atoms with van der Waals surface area (Å²) in [5.74, 6) is 1.01. The van der Waals surface area contributed by atoms with E-state index >= 15 is 0 Å². The van der Waals surface area contributed by atoms with E-state index in [-0.39, 0.29) is 5.54 Å². The van der Waals surface area contributed by atoms with Gasteiger partial charge in [-0.15, -0.1) is 0 Å². The van der Waals surface area contributed by atoms with Crippen LogP contribution in [0.1, 0.15) is 46.1 Å². The lowest BCUT2D eigenvalue weighted by Crippen LogP contribution is -2.35. The molecule has 0 spiro atoms. The molecule has 1 heterocycles. The first-order valence-corrected chi connectivity index (χ1v) is 8.15. The van der Waals surface area contributed by atoms with E-state index in [1.165, 1.54) is 24.9 Å². The number of rotatable bonds is 6. The zero-order valence-electron chi connectivity index (χ0n) is 14.0. The van der Waals surface area contributed by atoms with Crippen molar-refractivity contribution in [2.24, 2.45) is 0 Å². The second-order valence-corrected chi connectivity index (χ2v) is 7.09. The van der Waals surface area contributed by atoms with E-state index in [1.807, 2.05) is 0 Å². The van der Waals surface area contributed by atoms with Crippen molar-refractivity contribution < 1.29 is 4.74 Å². The van der Waals surface area contributed by atoms with Crippen molar-refractivity contribution in [2.45, 2.75) is 58.7 Å². The van der Waals surface area contributed by atoms with E-state index in [9.17, 15) is 0 Å². The average Bonchev–Trinajstić information content (AvgIpc) is 2.82. The highest BCUT2D eigenvalue weighted by molar-refractivity contribution is 5.33. The molecule has 3 nitrogen and oxygen atoms in total. The normalized spacial score (nSPS) is 19.9. The fraction of sp³-hybridized carbons (Fsp3) is 0.667. The van der Waals surface area contributed by atoms with Crippen molar-refractivity contribution in [3.63, 3.8) is 0 Å².